The lowest BCUT2D eigenvalue weighted by Gasteiger charge is -2.27. The van der Waals surface area contributed by atoms with Crippen molar-refractivity contribution in [1.29, 1.82) is 0 Å². The standard InChI is InChI=1S/C20H24N2O4/c1-24-14-10-11-18(25-2)15(13-14)17-8-6-12-22(17)20(23)21-16-7-4-5-9-19(16)26-3/h4-5,7,9-11,13,17H,6,8,12H2,1-3H3,(H,21,23). The molecule has 0 aromatic heterocycles. The average Bonchev–Trinajstić information content (AvgIpc) is 3.17. The number of amides is 2. The molecule has 1 unspecified atom stereocenters. The first-order valence-electron chi connectivity index (χ1n) is 8.60. The Morgan fingerprint density at radius 3 is 2.54 bits per heavy atom. The molecule has 0 bridgehead atoms. The zero-order valence-electron chi connectivity index (χ0n) is 15.3. The maximum absolute atomic E-state index is 12.9. The van der Waals surface area contributed by atoms with Gasteiger partial charge in [-0.2, -0.15) is 0 Å². The van der Waals surface area contributed by atoms with E-state index >= 15 is 0 Å². The number of hydrogen-bond acceptors (Lipinski definition) is 4. The van der Waals surface area contributed by atoms with Crippen molar-refractivity contribution in [3.63, 3.8) is 0 Å². The highest BCUT2D eigenvalue weighted by Crippen LogP contribution is 2.39. The van der Waals surface area contributed by atoms with Gasteiger partial charge in [0.05, 0.1) is 33.1 Å². The minimum Gasteiger partial charge on any atom is -0.497 e. The molecule has 1 aliphatic rings. The second-order valence-electron chi connectivity index (χ2n) is 6.09. The van der Waals surface area contributed by atoms with Crippen LogP contribution in [-0.4, -0.2) is 38.8 Å². The minimum atomic E-state index is -0.151. The molecule has 26 heavy (non-hydrogen) atoms. The molecule has 0 radical (unpaired) electrons. The van der Waals surface area contributed by atoms with Gasteiger partial charge in [0.15, 0.2) is 0 Å². The highest BCUT2D eigenvalue weighted by Gasteiger charge is 2.32. The molecule has 0 saturated carbocycles. The van der Waals surface area contributed by atoms with E-state index < -0.39 is 0 Å². The van der Waals surface area contributed by atoms with E-state index in [2.05, 4.69) is 5.32 Å². The van der Waals surface area contributed by atoms with Crippen molar-refractivity contribution in [1.82, 2.24) is 4.90 Å². The van der Waals surface area contributed by atoms with E-state index in [1.807, 2.05) is 47.4 Å². The van der Waals surface area contributed by atoms with Gasteiger partial charge in [0.2, 0.25) is 0 Å². The number of ether oxygens (including phenoxy) is 3. The lowest BCUT2D eigenvalue weighted by molar-refractivity contribution is 0.206. The number of hydrogen-bond donors (Lipinski definition) is 1. The summed E-state index contributed by atoms with van der Waals surface area (Å²) in [6.07, 6.45) is 1.81. The summed E-state index contributed by atoms with van der Waals surface area (Å²) in [5.41, 5.74) is 1.61. The van der Waals surface area contributed by atoms with Crippen LogP contribution in [0.3, 0.4) is 0 Å². The number of nitrogens with one attached hydrogen (secondary N) is 1. The summed E-state index contributed by atoms with van der Waals surface area (Å²) in [6.45, 7) is 0.687. The topological polar surface area (TPSA) is 60.0 Å². The van der Waals surface area contributed by atoms with Crippen LogP contribution in [0, 0.1) is 0 Å². The molecule has 2 aromatic rings. The predicted octanol–water partition coefficient (Wildman–Crippen LogP) is 4.08. The fourth-order valence-electron chi connectivity index (χ4n) is 3.37. The SMILES string of the molecule is COc1ccc(OC)c(C2CCCN2C(=O)Nc2ccccc2OC)c1. The van der Waals surface area contributed by atoms with Crippen molar-refractivity contribution < 1.29 is 19.0 Å². The Morgan fingerprint density at radius 2 is 1.81 bits per heavy atom. The summed E-state index contributed by atoms with van der Waals surface area (Å²) >= 11 is 0. The molecule has 1 N–H and O–H groups in total. The van der Waals surface area contributed by atoms with Gasteiger partial charge in [-0.25, -0.2) is 4.79 Å². The van der Waals surface area contributed by atoms with Crippen molar-refractivity contribution in [3.05, 3.63) is 48.0 Å². The molecule has 2 amide bonds. The van der Waals surface area contributed by atoms with Crippen molar-refractivity contribution in [3.8, 4) is 17.2 Å². The fourth-order valence-corrected chi connectivity index (χ4v) is 3.37. The number of methoxy groups -OCH3 is 3. The zero-order valence-corrected chi connectivity index (χ0v) is 15.3. The third kappa shape index (κ3) is 3.54. The molecule has 1 heterocycles. The summed E-state index contributed by atoms with van der Waals surface area (Å²) < 4.78 is 16.2. The molecule has 3 rings (SSSR count). The number of carbonyl (C=O) groups is 1. The summed E-state index contributed by atoms with van der Waals surface area (Å²) in [5, 5.41) is 2.96. The molecule has 0 spiro atoms. The van der Waals surface area contributed by atoms with Crippen LogP contribution in [0.4, 0.5) is 10.5 Å². The van der Waals surface area contributed by atoms with Gasteiger partial charge in [0, 0.05) is 12.1 Å². The molecule has 1 aliphatic heterocycles. The molecule has 1 fully saturated rings. The lowest BCUT2D eigenvalue weighted by Crippen LogP contribution is -2.34. The van der Waals surface area contributed by atoms with Crippen molar-refractivity contribution >= 4 is 11.7 Å². The molecule has 6 heteroatoms. The third-order valence-corrected chi connectivity index (χ3v) is 4.66. The van der Waals surface area contributed by atoms with Gasteiger partial charge in [-0.1, -0.05) is 12.1 Å². The van der Waals surface area contributed by atoms with Crippen LogP contribution in [0.5, 0.6) is 17.2 Å². The predicted molar refractivity (Wildman–Crippen MR) is 100 cm³/mol. The van der Waals surface area contributed by atoms with Gasteiger partial charge in [-0.15, -0.1) is 0 Å². The second kappa shape index (κ2) is 7.99. The Kier molecular flexibility index (Phi) is 5.51. The number of benzene rings is 2. The lowest BCUT2D eigenvalue weighted by atomic mass is 10.0. The number of carbonyl (C=O) groups excluding carboxylic acids is 1. The van der Waals surface area contributed by atoms with E-state index in [0.29, 0.717) is 18.0 Å². The van der Waals surface area contributed by atoms with Gasteiger partial charge in [0.1, 0.15) is 17.2 Å². The maximum Gasteiger partial charge on any atom is 0.322 e. The van der Waals surface area contributed by atoms with E-state index in [1.165, 1.54) is 0 Å². The number of likely N-dealkylation sites (tertiary alicyclic amines) is 1. The molecular weight excluding hydrogens is 332 g/mol. The van der Waals surface area contributed by atoms with Crippen LogP contribution in [0.1, 0.15) is 24.4 Å². The normalized spacial score (nSPS) is 16.3. The van der Waals surface area contributed by atoms with Crippen LogP contribution >= 0.6 is 0 Å². The molecule has 2 aromatic carbocycles. The summed E-state index contributed by atoms with van der Waals surface area (Å²) in [4.78, 5) is 14.7. The van der Waals surface area contributed by atoms with Crippen LogP contribution in [0.25, 0.3) is 0 Å². The number of rotatable bonds is 5. The van der Waals surface area contributed by atoms with E-state index in [4.69, 9.17) is 14.2 Å². The Bertz CT molecular complexity index is 778. The zero-order chi connectivity index (χ0) is 18.5. The van der Waals surface area contributed by atoms with Crippen molar-refractivity contribution in [2.24, 2.45) is 0 Å². The number of anilines is 1. The van der Waals surface area contributed by atoms with Crippen LogP contribution in [-0.2, 0) is 0 Å². The largest absolute Gasteiger partial charge is 0.497 e. The monoisotopic (exact) mass is 356 g/mol. The summed E-state index contributed by atoms with van der Waals surface area (Å²) in [7, 11) is 4.86. The molecule has 0 aliphatic carbocycles. The van der Waals surface area contributed by atoms with Crippen LogP contribution in [0.15, 0.2) is 42.5 Å². The van der Waals surface area contributed by atoms with Crippen molar-refractivity contribution in [2.45, 2.75) is 18.9 Å². The smallest absolute Gasteiger partial charge is 0.322 e. The van der Waals surface area contributed by atoms with Gasteiger partial charge in [-0.05, 0) is 43.2 Å². The fraction of sp³-hybridized carbons (Fsp3) is 0.350. The number of nitrogens with zero attached hydrogens (tertiary/aromatic N) is 1. The molecule has 1 atom stereocenters. The summed E-state index contributed by atoms with van der Waals surface area (Å²) in [6, 6.07) is 12.9. The Labute approximate surface area is 153 Å². The molecule has 138 valence electrons. The number of urea groups is 1. The van der Waals surface area contributed by atoms with E-state index in [-0.39, 0.29) is 12.1 Å². The average molecular weight is 356 g/mol. The van der Waals surface area contributed by atoms with Gasteiger partial charge in [0.25, 0.3) is 0 Å². The van der Waals surface area contributed by atoms with Crippen LogP contribution < -0.4 is 19.5 Å². The van der Waals surface area contributed by atoms with Gasteiger partial charge in [-0.3, -0.25) is 0 Å². The van der Waals surface area contributed by atoms with E-state index in [1.54, 1.807) is 21.3 Å². The first-order valence-corrected chi connectivity index (χ1v) is 8.60. The Morgan fingerprint density at radius 1 is 1.04 bits per heavy atom. The Hall–Kier alpha value is -2.89. The van der Waals surface area contributed by atoms with Crippen molar-refractivity contribution in [2.75, 3.05) is 33.2 Å². The first kappa shape index (κ1) is 17.9. The highest BCUT2D eigenvalue weighted by atomic mass is 16.5. The quantitative estimate of drug-likeness (QED) is 0.877. The Balaban J connectivity index is 1.85. The third-order valence-electron chi connectivity index (χ3n) is 4.66. The highest BCUT2D eigenvalue weighted by molar-refractivity contribution is 5.91. The minimum absolute atomic E-state index is 0.0604. The van der Waals surface area contributed by atoms with Gasteiger partial charge >= 0.3 is 6.03 Å². The molecular formula is C20H24N2O4. The van der Waals surface area contributed by atoms with Crippen LogP contribution in [0.2, 0.25) is 0 Å². The number of para-hydroxylation sites is 2. The maximum atomic E-state index is 12.9. The molecule has 6 nitrogen and oxygen atoms in total. The van der Waals surface area contributed by atoms with E-state index in [9.17, 15) is 4.79 Å². The molecule has 1 saturated heterocycles. The van der Waals surface area contributed by atoms with Gasteiger partial charge < -0.3 is 24.4 Å². The second-order valence-corrected chi connectivity index (χ2v) is 6.09. The summed E-state index contributed by atoms with van der Waals surface area (Å²) in [5.74, 6) is 2.14. The van der Waals surface area contributed by atoms with E-state index in [0.717, 1.165) is 29.9 Å². The first-order chi connectivity index (χ1) is 12.7.